The summed E-state index contributed by atoms with van der Waals surface area (Å²) in [5.41, 5.74) is -0.466. The van der Waals surface area contributed by atoms with Crippen molar-refractivity contribution in [2.75, 3.05) is 13.7 Å². The fourth-order valence-electron chi connectivity index (χ4n) is 3.05. The Hall–Kier alpha value is -2.50. The predicted octanol–water partition coefficient (Wildman–Crippen LogP) is 5.42. The molecule has 1 aromatic carbocycles. The summed E-state index contributed by atoms with van der Waals surface area (Å²) in [4.78, 5) is 27.1. The van der Waals surface area contributed by atoms with Crippen LogP contribution in [0.4, 0.5) is 4.79 Å². The molecule has 1 fully saturated rings. The monoisotopic (exact) mass is 417 g/mol. The van der Waals surface area contributed by atoms with Crippen LogP contribution >= 0.6 is 0 Å². The molecule has 1 atom stereocenters. The number of carbonyl (C=O) groups excluding carboxylic acids is 2. The zero-order valence-corrected chi connectivity index (χ0v) is 19.3. The summed E-state index contributed by atoms with van der Waals surface area (Å²) < 4.78 is 16.6. The molecule has 0 aliphatic carbocycles. The van der Waals surface area contributed by atoms with Crippen LogP contribution in [-0.2, 0) is 14.3 Å². The molecule has 1 saturated heterocycles. The average molecular weight is 418 g/mol. The minimum Gasteiger partial charge on any atom is -0.497 e. The van der Waals surface area contributed by atoms with Crippen LogP contribution in [0, 0.1) is 5.41 Å². The van der Waals surface area contributed by atoms with E-state index < -0.39 is 11.0 Å². The van der Waals surface area contributed by atoms with Crippen molar-refractivity contribution in [1.82, 2.24) is 4.90 Å². The lowest BCUT2D eigenvalue weighted by atomic mass is 9.97. The van der Waals surface area contributed by atoms with Gasteiger partial charge in [-0.1, -0.05) is 0 Å². The zero-order valence-electron chi connectivity index (χ0n) is 19.3. The molecule has 2 rings (SSSR count). The maximum atomic E-state index is 12.8. The first-order chi connectivity index (χ1) is 13.9. The average Bonchev–Trinajstić information content (AvgIpc) is 2.65. The lowest BCUT2D eigenvalue weighted by Crippen LogP contribution is -2.45. The smallest absolute Gasteiger partial charge is 0.410 e. The summed E-state index contributed by atoms with van der Waals surface area (Å²) in [5, 5.41) is 0. The number of likely N-dealkylation sites (tertiary alicyclic amines) is 1. The number of nitrogens with zero attached hydrogens (tertiary/aromatic N) is 1. The first-order valence-electron chi connectivity index (χ1n) is 10.5. The molecular weight excluding hydrogens is 382 g/mol. The molecule has 30 heavy (non-hydrogen) atoms. The summed E-state index contributed by atoms with van der Waals surface area (Å²) >= 11 is 0. The molecule has 1 unspecified atom stereocenters. The third-order valence-electron chi connectivity index (χ3n) is 4.71. The molecular formula is C24H35NO5. The molecule has 166 valence electrons. The number of hydrogen-bond acceptors (Lipinski definition) is 5. The molecule has 1 aromatic rings. The Bertz CT molecular complexity index is 768. The van der Waals surface area contributed by atoms with Gasteiger partial charge in [-0.3, -0.25) is 4.79 Å². The van der Waals surface area contributed by atoms with Crippen LogP contribution in [0.15, 0.2) is 30.3 Å². The minimum absolute atomic E-state index is 0.210. The number of esters is 1. The first kappa shape index (κ1) is 23.8. The van der Waals surface area contributed by atoms with Crippen LogP contribution < -0.4 is 4.74 Å². The van der Waals surface area contributed by atoms with E-state index in [-0.39, 0.29) is 18.1 Å². The Labute approximate surface area is 180 Å². The Morgan fingerprint density at radius 2 is 1.67 bits per heavy atom. The van der Waals surface area contributed by atoms with Gasteiger partial charge in [0.05, 0.1) is 18.6 Å². The Morgan fingerprint density at radius 1 is 1.03 bits per heavy atom. The van der Waals surface area contributed by atoms with Gasteiger partial charge >= 0.3 is 12.1 Å². The van der Waals surface area contributed by atoms with Crippen LogP contribution in [0.1, 0.15) is 66.4 Å². The van der Waals surface area contributed by atoms with Crippen molar-refractivity contribution in [2.24, 2.45) is 5.41 Å². The van der Waals surface area contributed by atoms with Crippen molar-refractivity contribution in [2.45, 2.75) is 72.4 Å². The highest BCUT2D eigenvalue weighted by Crippen LogP contribution is 2.28. The van der Waals surface area contributed by atoms with Crippen LogP contribution in [-0.4, -0.2) is 42.3 Å². The van der Waals surface area contributed by atoms with E-state index in [1.807, 2.05) is 71.9 Å². The second-order valence-electron chi connectivity index (χ2n) is 9.64. The van der Waals surface area contributed by atoms with Crippen LogP contribution in [0.5, 0.6) is 5.75 Å². The predicted molar refractivity (Wildman–Crippen MR) is 117 cm³/mol. The summed E-state index contributed by atoms with van der Waals surface area (Å²) in [6, 6.07) is 7.13. The van der Waals surface area contributed by atoms with Crippen molar-refractivity contribution < 1.29 is 23.8 Å². The van der Waals surface area contributed by atoms with Gasteiger partial charge in [-0.25, -0.2) is 4.79 Å². The highest BCUT2D eigenvalue weighted by Gasteiger charge is 2.31. The molecule has 0 bridgehead atoms. The maximum absolute atomic E-state index is 12.8. The number of carbonyl (C=O) groups is 2. The first-order valence-corrected chi connectivity index (χ1v) is 10.5. The standard InChI is InChI=1S/C24H35NO5/c1-23(2,3)21(26)29-20(17-11-13-19(28-7)14-12-17)16-18-10-8-9-15-25(18)22(27)30-24(4,5)6/h11-14,16,18H,8-10,15H2,1-7H3/b20-16-. The normalized spacial score (nSPS) is 18.0. The Balaban J connectivity index is 2.38. The number of ether oxygens (including phenoxy) is 3. The number of rotatable bonds is 4. The van der Waals surface area contributed by atoms with Gasteiger partial charge in [-0.2, -0.15) is 0 Å². The highest BCUT2D eigenvalue weighted by molar-refractivity contribution is 5.82. The van der Waals surface area contributed by atoms with E-state index in [0.717, 1.165) is 24.8 Å². The van der Waals surface area contributed by atoms with Gasteiger partial charge in [0.25, 0.3) is 0 Å². The van der Waals surface area contributed by atoms with E-state index in [9.17, 15) is 9.59 Å². The number of amides is 1. The van der Waals surface area contributed by atoms with Gasteiger partial charge in [0.2, 0.25) is 0 Å². The van der Waals surface area contributed by atoms with E-state index in [2.05, 4.69) is 0 Å². The minimum atomic E-state index is -0.650. The van der Waals surface area contributed by atoms with Gasteiger partial charge < -0.3 is 19.1 Å². The Morgan fingerprint density at radius 3 is 2.20 bits per heavy atom. The van der Waals surface area contributed by atoms with E-state index in [1.54, 1.807) is 12.0 Å². The summed E-state index contributed by atoms with van der Waals surface area (Å²) in [7, 11) is 1.60. The molecule has 0 radical (unpaired) electrons. The fourth-order valence-corrected chi connectivity index (χ4v) is 3.05. The lowest BCUT2D eigenvalue weighted by molar-refractivity contribution is -0.145. The summed E-state index contributed by atoms with van der Waals surface area (Å²) in [5.74, 6) is 0.829. The second kappa shape index (κ2) is 9.54. The molecule has 1 heterocycles. The molecule has 0 spiro atoms. The van der Waals surface area contributed by atoms with Crippen molar-refractivity contribution in [1.29, 1.82) is 0 Å². The lowest BCUT2D eigenvalue weighted by Gasteiger charge is -2.35. The molecule has 6 nitrogen and oxygen atoms in total. The summed E-state index contributed by atoms with van der Waals surface area (Å²) in [6.07, 6.45) is 4.22. The quantitative estimate of drug-likeness (QED) is 0.484. The van der Waals surface area contributed by atoms with Crippen LogP contribution in [0.2, 0.25) is 0 Å². The van der Waals surface area contributed by atoms with Crippen LogP contribution in [0.25, 0.3) is 5.76 Å². The molecule has 0 saturated carbocycles. The van der Waals surface area contributed by atoms with Gasteiger partial charge in [-0.05, 0) is 91.1 Å². The molecule has 0 N–H and O–H groups in total. The highest BCUT2D eigenvalue weighted by atomic mass is 16.6. The second-order valence-corrected chi connectivity index (χ2v) is 9.64. The maximum Gasteiger partial charge on any atom is 0.410 e. The zero-order chi connectivity index (χ0) is 22.5. The molecule has 1 aliphatic rings. The third-order valence-corrected chi connectivity index (χ3v) is 4.71. The van der Waals surface area contributed by atoms with Crippen molar-refractivity contribution in [3.8, 4) is 5.75 Å². The molecule has 0 aromatic heterocycles. The van der Waals surface area contributed by atoms with Crippen molar-refractivity contribution >= 4 is 17.8 Å². The van der Waals surface area contributed by atoms with Crippen LogP contribution in [0.3, 0.4) is 0 Å². The topological polar surface area (TPSA) is 65.1 Å². The SMILES string of the molecule is COc1ccc(/C(=C/C2CCCCN2C(=O)OC(C)(C)C)OC(=O)C(C)(C)C)cc1. The largest absolute Gasteiger partial charge is 0.497 e. The van der Waals surface area contributed by atoms with E-state index in [1.165, 1.54) is 0 Å². The molecule has 1 aliphatic heterocycles. The van der Waals surface area contributed by atoms with Gasteiger partial charge in [-0.15, -0.1) is 0 Å². The van der Waals surface area contributed by atoms with Gasteiger partial charge in [0.15, 0.2) is 0 Å². The Kier molecular flexibility index (Phi) is 7.56. The fraction of sp³-hybridized carbons (Fsp3) is 0.583. The molecule has 6 heteroatoms. The molecule has 1 amide bonds. The number of piperidine rings is 1. The van der Waals surface area contributed by atoms with E-state index in [4.69, 9.17) is 14.2 Å². The third kappa shape index (κ3) is 6.78. The number of hydrogen-bond donors (Lipinski definition) is 0. The van der Waals surface area contributed by atoms with Gasteiger partial charge in [0, 0.05) is 12.1 Å². The number of methoxy groups -OCH3 is 1. The van der Waals surface area contributed by atoms with Crippen molar-refractivity contribution in [3.63, 3.8) is 0 Å². The summed E-state index contributed by atoms with van der Waals surface area (Å²) in [6.45, 7) is 11.6. The van der Waals surface area contributed by atoms with E-state index >= 15 is 0 Å². The van der Waals surface area contributed by atoms with Crippen molar-refractivity contribution in [3.05, 3.63) is 35.9 Å². The van der Waals surface area contributed by atoms with Gasteiger partial charge in [0.1, 0.15) is 17.1 Å². The number of benzene rings is 1. The van der Waals surface area contributed by atoms with E-state index in [0.29, 0.717) is 18.1 Å².